The molecule has 1 atom stereocenters. The number of carbonyl (C=O) groups excluding carboxylic acids is 1. The predicted molar refractivity (Wildman–Crippen MR) is 116 cm³/mol. The average Bonchev–Trinajstić information content (AvgIpc) is 2.71. The van der Waals surface area contributed by atoms with Gasteiger partial charge in [0.25, 0.3) is 0 Å². The molecule has 0 aliphatic rings. The number of hydrogen-bond donors (Lipinski definition) is 0. The molecule has 0 spiro atoms. The summed E-state index contributed by atoms with van der Waals surface area (Å²) in [6, 6.07) is 9.27. The molecule has 2 aromatic rings. The van der Waals surface area contributed by atoms with Crippen molar-refractivity contribution in [3.63, 3.8) is 0 Å². The molecule has 0 saturated heterocycles. The Morgan fingerprint density at radius 2 is 1.62 bits per heavy atom. The molecule has 0 saturated carbocycles. The van der Waals surface area contributed by atoms with Crippen molar-refractivity contribution < 1.29 is 44.0 Å². The molecular formula is C22H30LiO5P. The zero-order chi connectivity index (χ0) is 20.5. The number of hydrogen-bond acceptors (Lipinski definition) is 5. The molecule has 0 heterocycles. The van der Waals surface area contributed by atoms with E-state index in [1.165, 1.54) is 27.1 Å². The topological polar surface area (TPSA) is 54.0 Å². The summed E-state index contributed by atoms with van der Waals surface area (Å²) >= 11 is 0. The van der Waals surface area contributed by atoms with E-state index < -0.39 is 0 Å². The Balaban J connectivity index is 0.00000420. The summed E-state index contributed by atoms with van der Waals surface area (Å²) < 4.78 is 21.9. The summed E-state index contributed by atoms with van der Waals surface area (Å²) in [6.45, 7) is 4.88. The standard InChI is InChI=1S/C22H29O5P.Li.H/c1-6-7-8-11-27-16-9-10-20(15(2)12-16)28-22(23)21-18(25-4)13-17(24-3)14-19(21)26-5;;/h9-10,12-14,28H,6-8,11H2,1-5H3;;/q;+1;-1. The molecule has 154 valence electrons. The third-order valence-corrected chi connectivity index (χ3v) is 5.71. The normalized spacial score (nSPS) is 10.5. The second-order valence-corrected chi connectivity index (χ2v) is 7.64. The molecule has 2 aromatic carbocycles. The van der Waals surface area contributed by atoms with E-state index in [-0.39, 0.29) is 34.4 Å². The van der Waals surface area contributed by atoms with Crippen LogP contribution in [0.25, 0.3) is 0 Å². The molecule has 29 heavy (non-hydrogen) atoms. The van der Waals surface area contributed by atoms with Crippen LogP contribution in [-0.4, -0.2) is 33.5 Å². The van der Waals surface area contributed by atoms with Crippen molar-refractivity contribution in [3.05, 3.63) is 41.5 Å². The van der Waals surface area contributed by atoms with Gasteiger partial charge in [-0.15, -0.1) is 0 Å². The minimum atomic E-state index is -0.0458. The van der Waals surface area contributed by atoms with Gasteiger partial charge in [0, 0.05) is 12.1 Å². The summed E-state index contributed by atoms with van der Waals surface area (Å²) in [5.74, 6) is 2.31. The van der Waals surface area contributed by atoms with Crippen molar-refractivity contribution in [2.24, 2.45) is 0 Å². The van der Waals surface area contributed by atoms with E-state index in [9.17, 15) is 4.79 Å². The number of methoxy groups -OCH3 is 3. The summed E-state index contributed by atoms with van der Waals surface area (Å²) in [6.07, 6.45) is 3.38. The molecule has 2 rings (SSSR count). The second-order valence-electron chi connectivity index (χ2n) is 6.39. The number of unbranched alkanes of at least 4 members (excludes halogenated alkanes) is 2. The van der Waals surface area contributed by atoms with E-state index in [1.807, 2.05) is 25.1 Å². The van der Waals surface area contributed by atoms with Crippen LogP contribution in [-0.2, 0) is 0 Å². The Kier molecular flexibility index (Phi) is 11.2. The van der Waals surface area contributed by atoms with Gasteiger partial charge in [-0.1, -0.05) is 25.8 Å². The van der Waals surface area contributed by atoms with Crippen molar-refractivity contribution in [1.29, 1.82) is 0 Å². The minimum absolute atomic E-state index is 0. The molecule has 0 fully saturated rings. The van der Waals surface area contributed by atoms with Crippen LogP contribution in [0.2, 0.25) is 0 Å². The van der Waals surface area contributed by atoms with E-state index in [0.29, 0.717) is 29.4 Å². The van der Waals surface area contributed by atoms with Crippen LogP contribution in [0, 0.1) is 6.92 Å². The number of ether oxygens (including phenoxy) is 4. The molecule has 0 radical (unpaired) electrons. The van der Waals surface area contributed by atoms with Crippen molar-refractivity contribution in [2.45, 2.75) is 33.1 Å². The quantitative estimate of drug-likeness (QED) is 0.320. The van der Waals surface area contributed by atoms with Crippen LogP contribution in [0.15, 0.2) is 30.3 Å². The van der Waals surface area contributed by atoms with Crippen LogP contribution < -0.4 is 43.1 Å². The van der Waals surface area contributed by atoms with Gasteiger partial charge in [-0.25, -0.2) is 0 Å². The fourth-order valence-electron chi connectivity index (χ4n) is 2.82. The Hall–Kier alpha value is -1.66. The van der Waals surface area contributed by atoms with Gasteiger partial charge in [-0.2, -0.15) is 0 Å². The predicted octanol–water partition coefficient (Wildman–Crippen LogP) is 1.85. The third kappa shape index (κ3) is 6.96. The van der Waals surface area contributed by atoms with Crippen molar-refractivity contribution >= 4 is 19.4 Å². The SMILES string of the molecule is CCCCCOc1ccc(PC(=O)c2c(OC)cc(OC)cc2OC)c(C)c1.[H-].[Li+]. The molecule has 0 amide bonds. The maximum Gasteiger partial charge on any atom is 1.00 e. The van der Waals surface area contributed by atoms with Crippen LogP contribution in [0.1, 0.15) is 43.5 Å². The second kappa shape index (κ2) is 12.8. The zero-order valence-corrected chi connectivity index (χ0v) is 19.3. The van der Waals surface area contributed by atoms with Crippen molar-refractivity contribution in [2.75, 3.05) is 27.9 Å². The van der Waals surface area contributed by atoms with Crippen LogP contribution in [0.4, 0.5) is 0 Å². The smallest absolute Gasteiger partial charge is 1.00 e. The van der Waals surface area contributed by atoms with Crippen molar-refractivity contribution in [1.82, 2.24) is 0 Å². The summed E-state index contributed by atoms with van der Waals surface area (Å²) in [7, 11) is 4.58. The van der Waals surface area contributed by atoms with Gasteiger partial charge in [0.2, 0.25) is 0 Å². The van der Waals surface area contributed by atoms with E-state index in [0.717, 1.165) is 23.0 Å². The Morgan fingerprint density at radius 3 is 2.14 bits per heavy atom. The molecule has 0 aliphatic heterocycles. The molecule has 0 N–H and O–H groups in total. The number of aryl methyl sites for hydroxylation is 1. The summed E-state index contributed by atoms with van der Waals surface area (Å²) in [5, 5.41) is 0.978. The van der Waals surface area contributed by atoms with Crippen LogP contribution >= 0.6 is 8.58 Å². The van der Waals surface area contributed by atoms with E-state index in [4.69, 9.17) is 18.9 Å². The van der Waals surface area contributed by atoms with Gasteiger partial charge in [0.05, 0.1) is 27.9 Å². The first kappa shape index (κ1) is 25.4. The molecule has 0 aromatic heterocycles. The van der Waals surface area contributed by atoms with Gasteiger partial charge >= 0.3 is 18.9 Å². The summed E-state index contributed by atoms with van der Waals surface area (Å²) in [5.41, 5.74) is 1.42. The monoisotopic (exact) mass is 412 g/mol. The Bertz CT molecular complexity index is 791. The molecule has 0 aliphatic carbocycles. The van der Waals surface area contributed by atoms with E-state index in [1.54, 1.807) is 19.2 Å². The van der Waals surface area contributed by atoms with E-state index in [2.05, 4.69) is 6.92 Å². The summed E-state index contributed by atoms with van der Waals surface area (Å²) in [4.78, 5) is 13.0. The maximum atomic E-state index is 13.0. The first-order valence-electron chi connectivity index (χ1n) is 9.38. The van der Waals surface area contributed by atoms with Gasteiger partial charge in [-0.3, -0.25) is 4.79 Å². The number of rotatable bonds is 11. The molecular weight excluding hydrogens is 382 g/mol. The van der Waals surface area contributed by atoms with Gasteiger partial charge in [0.1, 0.15) is 28.6 Å². The Morgan fingerprint density at radius 1 is 0.966 bits per heavy atom. The third-order valence-electron chi connectivity index (χ3n) is 4.40. The first-order valence-corrected chi connectivity index (χ1v) is 10.4. The van der Waals surface area contributed by atoms with Gasteiger partial charge in [0.15, 0.2) is 5.52 Å². The maximum absolute atomic E-state index is 13.0. The molecule has 7 heteroatoms. The van der Waals surface area contributed by atoms with Crippen LogP contribution in [0.5, 0.6) is 23.0 Å². The van der Waals surface area contributed by atoms with Gasteiger partial charge < -0.3 is 20.4 Å². The molecule has 1 unspecified atom stereocenters. The zero-order valence-electron chi connectivity index (χ0n) is 19.3. The largest absolute Gasteiger partial charge is 1.00 e. The average molecular weight is 412 g/mol. The van der Waals surface area contributed by atoms with Crippen molar-refractivity contribution in [3.8, 4) is 23.0 Å². The fourth-order valence-corrected chi connectivity index (χ4v) is 3.87. The first-order chi connectivity index (χ1) is 13.5. The van der Waals surface area contributed by atoms with Crippen LogP contribution in [0.3, 0.4) is 0 Å². The van der Waals surface area contributed by atoms with Gasteiger partial charge in [-0.05, 0) is 44.9 Å². The molecule has 0 bridgehead atoms. The number of benzene rings is 2. The number of carbonyl (C=O) groups is 1. The minimum Gasteiger partial charge on any atom is -1.00 e. The molecule has 5 nitrogen and oxygen atoms in total. The van der Waals surface area contributed by atoms with E-state index >= 15 is 0 Å². The Labute approximate surface area is 188 Å². The fraction of sp³-hybridized carbons (Fsp3) is 0.409.